The zero-order valence-electron chi connectivity index (χ0n) is 8.45. The summed E-state index contributed by atoms with van der Waals surface area (Å²) in [5, 5.41) is 9.09. The summed E-state index contributed by atoms with van der Waals surface area (Å²) >= 11 is 0. The number of aliphatic hydroxyl groups excluding tert-OH is 1. The molecule has 1 atom stereocenters. The van der Waals surface area contributed by atoms with E-state index < -0.39 is 0 Å². The summed E-state index contributed by atoms with van der Waals surface area (Å²) in [4.78, 5) is 2.28. The molecule has 3 N–H and O–H groups in total. The Morgan fingerprint density at radius 3 is 2.17 bits per heavy atom. The standard InChI is InChI=1S/C9H22N2O/c1-8(2)11(7-5-10)6-4-9(3)12/h8-9,12H,4-7,10H2,1-3H3. The van der Waals surface area contributed by atoms with Crippen molar-refractivity contribution in [2.24, 2.45) is 5.73 Å². The van der Waals surface area contributed by atoms with Crippen LogP contribution in [0.15, 0.2) is 0 Å². The number of nitrogens with zero attached hydrogens (tertiary/aromatic N) is 1. The van der Waals surface area contributed by atoms with E-state index in [4.69, 9.17) is 10.8 Å². The molecule has 3 nitrogen and oxygen atoms in total. The molecule has 12 heavy (non-hydrogen) atoms. The summed E-state index contributed by atoms with van der Waals surface area (Å²) in [5.74, 6) is 0. The van der Waals surface area contributed by atoms with Gasteiger partial charge < -0.3 is 10.8 Å². The third-order valence-corrected chi connectivity index (χ3v) is 1.98. The highest BCUT2D eigenvalue weighted by Crippen LogP contribution is 2.00. The Labute approximate surface area is 75.6 Å². The van der Waals surface area contributed by atoms with Gasteiger partial charge in [0.15, 0.2) is 0 Å². The number of hydrogen-bond donors (Lipinski definition) is 2. The highest BCUT2D eigenvalue weighted by atomic mass is 16.3. The van der Waals surface area contributed by atoms with Gasteiger partial charge in [0.25, 0.3) is 0 Å². The van der Waals surface area contributed by atoms with Crippen LogP contribution in [0.5, 0.6) is 0 Å². The van der Waals surface area contributed by atoms with E-state index >= 15 is 0 Å². The number of aliphatic hydroxyl groups is 1. The Bertz CT molecular complexity index is 105. The van der Waals surface area contributed by atoms with Gasteiger partial charge in [-0.25, -0.2) is 0 Å². The summed E-state index contributed by atoms with van der Waals surface area (Å²) < 4.78 is 0. The van der Waals surface area contributed by atoms with Gasteiger partial charge in [0, 0.05) is 25.7 Å². The molecule has 0 aliphatic carbocycles. The van der Waals surface area contributed by atoms with Crippen LogP contribution in [0.1, 0.15) is 27.2 Å². The van der Waals surface area contributed by atoms with Crippen LogP contribution in [0, 0.1) is 0 Å². The predicted octanol–water partition coefficient (Wildman–Crippen LogP) is 0.426. The minimum atomic E-state index is -0.205. The molecule has 0 heterocycles. The smallest absolute Gasteiger partial charge is 0.0524 e. The molecule has 0 radical (unpaired) electrons. The van der Waals surface area contributed by atoms with E-state index in [2.05, 4.69) is 18.7 Å². The van der Waals surface area contributed by atoms with Crippen LogP contribution in [0.2, 0.25) is 0 Å². The molecule has 0 aromatic heterocycles. The lowest BCUT2D eigenvalue weighted by molar-refractivity contribution is 0.144. The summed E-state index contributed by atoms with van der Waals surface area (Å²) in [6.07, 6.45) is 0.627. The normalized spacial score (nSPS) is 14.2. The third kappa shape index (κ3) is 5.52. The van der Waals surface area contributed by atoms with Gasteiger partial charge in [-0.15, -0.1) is 0 Å². The fourth-order valence-electron chi connectivity index (χ4n) is 1.15. The van der Waals surface area contributed by atoms with Gasteiger partial charge in [0.2, 0.25) is 0 Å². The first-order valence-electron chi connectivity index (χ1n) is 4.70. The molecule has 0 spiro atoms. The van der Waals surface area contributed by atoms with Crippen LogP contribution in [-0.4, -0.2) is 41.8 Å². The molecule has 0 aromatic carbocycles. The molecular formula is C9H22N2O. The van der Waals surface area contributed by atoms with Crippen molar-refractivity contribution in [3.63, 3.8) is 0 Å². The average molecular weight is 174 g/mol. The largest absolute Gasteiger partial charge is 0.393 e. The second-order valence-corrected chi connectivity index (χ2v) is 3.56. The quantitative estimate of drug-likeness (QED) is 0.614. The van der Waals surface area contributed by atoms with Crippen molar-refractivity contribution in [2.45, 2.75) is 39.3 Å². The molecule has 0 amide bonds. The van der Waals surface area contributed by atoms with E-state index in [0.717, 1.165) is 19.5 Å². The van der Waals surface area contributed by atoms with E-state index in [1.165, 1.54) is 0 Å². The molecular weight excluding hydrogens is 152 g/mol. The van der Waals surface area contributed by atoms with Gasteiger partial charge in [-0.3, -0.25) is 4.90 Å². The van der Waals surface area contributed by atoms with Crippen molar-refractivity contribution in [3.8, 4) is 0 Å². The molecule has 0 saturated carbocycles. The van der Waals surface area contributed by atoms with Crippen LogP contribution in [0.25, 0.3) is 0 Å². The van der Waals surface area contributed by atoms with E-state index in [0.29, 0.717) is 12.6 Å². The number of nitrogens with two attached hydrogens (primary N) is 1. The van der Waals surface area contributed by atoms with Gasteiger partial charge >= 0.3 is 0 Å². The maximum absolute atomic E-state index is 9.09. The van der Waals surface area contributed by atoms with Crippen LogP contribution < -0.4 is 5.73 Å². The van der Waals surface area contributed by atoms with Gasteiger partial charge in [-0.1, -0.05) is 0 Å². The molecule has 74 valence electrons. The van der Waals surface area contributed by atoms with Crippen molar-refractivity contribution in [1.82, 2.24) is 4.90 Å². The van der Waals surface area contributed by atoms with Crippen molar-refractivity contribution < 1.29 is 5.11 Å². The summed E-state index contributed by atoms with van der Waals surface area (Å²) in [6.45, 7) is 8.67. The number of hydrogen-bond acceptors (Lipinski definition) is 3. The van der Waals surface area contributed by atoms with Crippen molar-refractivity contribution in [1.29, 1.82) is 0 Å². The predicted molar refractivity (Wildman–Crippen MR) is 52.1 cm³/mol. The second-order valence-electron chi connectivity index (χ2n) is 3.56. The highest BCUT2D eigenvalue weighted by Gasteiger charge is 2.08. The van der Waals surface area contributed by atoms with Gasteiger partial charge in [-0.2, -0.15) is 0 Å². The van der Waals surface area contributed by atoms with E-state index in [-0.39, 0.29) is 6.10 Å². The Morgan fingerprint density at radius 2 is 1.83 bits per heavy atom. The number of rotatable bonds is 6. The molecule has 0 fully saturated rings. The lowest BCUT2D eigenvalue weighted by Crippen LogP contribution is -2.37. The molecule has 0 aliphatic heterocycles. The molecule has 3 heteroatoms. The first kappa shape index (κ1) is 11.9. The zero-order chi connectivity index (χ0) is 9.56. The van der Waals surface area contributed by atoms with Crippen molar-refractivity contribution in [3.05, 3.63) is 0 Å². The maximum Gasteiger partial charge on any atom is 0.0524 e. The minimum Gasteiger partial charge on any atom is -0.393 e. The summed E-state index contributed by atoms with van der Waals surface area (Å²) in [5.41, 5.74) is 5.47. The minimum absolute atomic E-state index is 0.205. The molecule has 0 bridgehead atoms. The van der Waals surface area contributed by atoms with Crippen LogP contribution in [-0.2, 0) is 0 Å². The van der Waals surface area contributed by atoms with Crippen LogP contribution >= 0.6 is 0 Å². The Morgan fingerprint density at radius 1 is 1.25 bits per heavy atom. The van der Waals surface area contributed by atoms with Gasteiger partial charge in [0.1, 0.15) is 0 Å². The van der Waals surface area contributed by atoms with E-state index in [1.807, 2.05) is 6.92 Å². The summed E-state index contributed by atoms with van der Waals surface area (Å²) in [6, 6.07) is 0.521. The Hall–Kier alpha value is -0.120. The fourth-order valence-corrected chi connectivity index (χ4v) is 1.15. The zero-order valence-corrected chi connectivity index (χ0v) is 8.45. The topological polar surface area (TPSA) is 49.5 Å². The SMILES string of the molecule is CC(O)CCN(CCN)C(C)C. The van der Waals surface area contributed by atoms with Crippen LogP contribution in [0.3, 0.4) is 0 Å². The highest BCUT2D eigenvalue weighted by molar-refractivity contribution is 4.64. The van der Waals surface area contributed by atoms with Crippen LogP contribution in [0.4, 0.5) is 0 Å². The summed E-state index contributed by atoms with van der Waals surface area (Å²) in [7, 11) is 0. The Kier molecular flexibility index (Phi) is 6.34. The van der Waals surface area contributed by atoms with Gasteiger partial charge in [0.05, 0.1) is 6.10 Å². The van der Waals surface area contributed by atoms with E-state index in [9.17, 15) is 0 Å². The molecule has 0 rings (SSSR count). The van der Waals surface area contributed by atoms with Crippen molar-refractivity contribution >= 4 is 0 Å². The lowest BCUT2D eigenvalue weighted by Gasteiger charge is -2.26. The third-order valence-electron chi connectivity index (χ3n) is 1.98. The fraction of sp³-hybridized carbons (Fsp3) is 1.00. The molecule has 0 aliphatic rings. The van der Waals surface area contributed by atoms with Crippen molar-refractivity contribution in [2.75, 3.05) is 19.6 Å². The maximum atomic E-state index is 9.09. The first-order chi connectivity index (χ1) is 5.57. The molecule has 0 saturated heterocycles. The molecule has 0 aromatic rings. The van der Waals surface area contributed by atoms with E-state index in [1.54, 1.807) is 0 Å². The average Bonchev–Trinajstić information content (AvgIpc) is 1.96. The van der Waals surface area contributed by atoms with Gasteiger partial charge in [-0.05, 0) is 27.2 Å². The lowest BCUT2D eigenvalue weighted by atomic mass is 10.2. The first-order valence-corrected chi connectivity index (χ1v) is 4.70. The Balaban J connectivity index is 3.63. The molecule has 1 unspecified atom stereocenters. The second kappa shape index (κ2) is 6.40. The monoisotopic (exact) mass is 174 g/mol.